The summed E-state index contributed by atoms with van der Waals surface area (Å²) in [6, 6.07) is 6.47. The van der Waals surface area contributed by atoms with Gasteiger partial charge in [-0.05, 0) is 99.8 Å². The number of halogens is 2. The van der Waals surface area contributed by atoms with Gasteiger partial charge in [0.15, 0.2) is 5.65 Å². The van der Waals surface area contributed by atoms with E-state index in [-0.39, 0.29) is 40.5 Å². The second-order valence-electron chi connectivity index (χ2n) is 12.6. The summed E-state index contributed by atoms with van der Waals surface area (Å²) >= 11 is 0. The normalized spacial score (nSPS) is 29.2. The van der Waals surface area contributed by atoms with Crippen molar-refractivity contribution in [2.45, 2.75) is 69.4 Å². The topological polar surface area (TPSA) is 87.5 Å². The van der Waals surface area contributed by atoms with Crippen LogP contribution in [0, 0.1) is 29.4 Å². The Hall–Kier alpha value is -3.33. The molecule has 3 aromatic rings. The Bertz CT molecular complexity index is 1520. The lowest BCUT2D eigenvalue weighted by molar-refractivity contribution is -0.0167. The van der Waals surface area contributed by atoms with Gasteiger partial charge in [-0.15, -0.1) is 0 Å². The fourth-order valence-corrected chi connectivity index (χ4v) is 8.44. The zero-order chi connectivity index (χ0) is 27.6. The molecule has 0 spiro atoms. The van der Waals surface area contributed by atoms with Crippen molar-refractivity contribution in [3.63, 3.8) is 0 Å². The fourth-order valence-electron chi connectivity index (χ4n) is 8.44. The molecule has 210 valence electrons. The van der Waals surface area contributed by atoms with Crippen molar-refractivity contribution in [2.24, 2.45) is 17.8 Å². The lowest BCUT2D eigenvalue weighted by Gasteiger charge is -2.56. The SMILES string of the molecule is O=C(NC12CC3CC(CC(C3)C1)C2)c1cn(-c2ccc(F)cc2F)c2nc(N3CCCC[C@H]3CO)ccc2c1=O. The molecule has 3 heterocycles. The van der Waals surface area contributed by atoms with Gasteiger partial charge in [-0.2, -0.15) is 0 Å². The molecule has 4 bridgehead atoms. The van der Waals surface area contributed by atoms with Gasteiger partial charge in [0.1, 0.15) is 23.0 Å². The highest BCUT2D eigenvalue weighted by atomic mass is 19.1. The maximum absolute atomic E-state index is 15.1. The number of nitrogens with zero attached hydrogens (tertiary/aromatic N) is 3. The van der Waals surface area contributed by atoms with Crippen molar-refractivity contribution in [2.75, 3.05) is 18.1 Å². The van der Waals surface area contributed by atoms with E-state index in [9.17, 15) is 19.1 Å². The Morgan fingerprint density at radius 1 is 1.05 bits per heavy atom. The monoisotopic (exact) mass is 548 g/mol. The van der Waals surface area contributed by atoms with Gasteiger partial charge in [0.05, 0.1) is 23.7 Å². The maximum atomic E-state index is 15.1. The molecule has 2 N–H and O–H groups in total. The first-order chi connectivity index (χ1) is 19.3. The second-order valence-corrected chi connectivity index (χ2v) is 12.6. The number of carbonyl (C=O) groups is 1. The van der Waals surface area contributed by atoms with Crippen molar-refractivity contribution < 1.29 is 18.7 Å². The molecule has 0 radical (unpaired) electrons. The number of anilines is 1. The summed E-state index contributed by atoms with van der Waals surface area (Å²) in [7, 11) is 0. The summed E-state index contributed by atoms with van der Waals surface area (Å²) in [6.07, 6.45) is 10.6. The maximum Gasteiger partial charge on any atom is 0.257 e. The van der Waals surface area contributed by atoms with Gasteiger partial charge in [-0.25, -0.2) is 13.8 Å². The van der Waals surface area contributed by atoms with E-state index in [1.165, 1.54) is 36.1 Å². The molecule has 1 atom stereocenters. The summed E-state index contributed by atoms with van der Waals surface area (Å²) in [5.41, 5.74) is -0.659. The molecule has 5 fully saturated rings. The van der Waals surface area contributed by atoms with Crippen molar-refractivity contribution in [1.82, 2.24) is 14.9 Å². The third-order valence-corrected chi connectivity index (χ3v) is 9.80. The van der Waals surface area contributed by atoms with Gasteiger partial charge in [0.2, 0.25) is 5.43 Å². The first-order valence-electron chi connectivity index (χ1n) is 14.5. The molecule has 4 saturated carbocycles. The van der Waals surface area contributed by atoms with Gasteiger partial charge in [0, 0.05) is 24.3 Å². The summed E-state index contributed by atoms with van der Waals surface area (Å²) in [4.78, 5) is 34.3. The zero-order valence-electron chi connectivity index (χ0n) is 22.4. The highest BCUT2D eigenvalue weighted by Crippen LogP contribution is 2.55. The lowest BCUT2D eigenvalue weighted by atomic mass is 9.53. The third-order valence-electron chi connectivity index (χ3n) is 9.80. The van der Waals surface area contributed by atoms with Crippen LogP contribution in [0.1, 0.15) is 68.1 Å². The average molecular weight is 549 g/mol. The first kappa shape index (κ1) is 25.6. The van der Waals surface area contributed by atoms with Crippen molar-refractivity contribution in [3.05, 3.63) is 63.9 Å². The predicted molar refractivity (Wildman–Crippen MR) is 148 cm³/mol. The number of aliphatic hydroxyl groups is 1. The largest absolute Gasteiger partial charge is 0.394 e. The van der Waals surface area contributed by atoms with E-state index in [2.05, 4.69) is 5.32 Å². The third kappa shape index (κ3) is 4.29. The molecule has 0 unspecified atom stereocenters. The molecule has 40 heavy (non-hydrogen) atoms. The van der Waals surface area contributed by atoms with Crippen LogP contribution >= 0.6 is 0 Å². The number of piperidine rings is 1. The number of benzene rings is 1. The summed E-state index contributed by atoms with van der Waals surface area (Å²) in [6.45, 7) is 0.674. The molecular formula is C31H34F2N4O3. The minimum atomic E-state index is -0.823. The summed E-state index contributed by atoms with van der Waals surface area (Å²) in [5.74, 6) is 0.419. The molecule has 9 heteroatoms. The smallest absolute Gasteiger partial charge is 0.257 e. The molecule has 4 aliphatic carbocycles. The Morgan fingerprint density at radius 2 is 1.77 bits per heavy atom. The van der Waals surface area contributed by atoms with E-state index in [0.717, 1.165) is 50.7 Å². The van der Waals surface area contributed by atoms with Crippen LogP contribution in [0.2, 0.25) is 0 Å². The van der Waals surface area contributed by atoms with Gasteiger partial charge in [-0.1, -0.05) is 0 Å². The van der Waals surface area contributed by atoms with Gasteiger partial charge in [-0.3, -0.25) is 14.2 Å². The van der Waals surface area contributed by atoms with Crippen molar-refractivity contribution in [1.29, 1.82) is 0 Å². The van der Waals surface area contributed by atoms with Crippen molar-refractivity contribution in [3.8, 4) is 5.69 Å². The molecule has 7 nitrogen and oxygen atoms in total. The molecule has 1 aromatic carbocycles. The van der Waals surface area contributed by atoms with Crippen LogP contribution in [-0.2, 0) is 0 Å². The number of amides is 1. The summed E-state index contributed by atoms with van der Waals surface area (Å²) in [5, 5.41) is 13.4. The highest BCUT2D eigenvalue weighted by molar-refractivity contribution is 5.97. The second kappa shape index (κ2) is 9.65. The van der Waals surface area contributed by atoms with Crippen LogP contribution in [0.15, 0.2) is 41.3 Å². The fraction of sp³-hybridized carbons (Fsp3) is 0.516. The highest BCUT2D eigenvalue weighted by Gasteiger charge is 2.51. The number of fused-ring (bicyclic) bond motifs is 1. The number of aliphatic hydroxyl groups excluding tert-OH is 1. The lowest BCUT2D eigenvalue weighted by Crippen LogP contribution is -2.60. The Kier molecular flexibility index (Phi) is 6.18. The van der Waals surface area contributed by atoms with Gasteiger partial charge in [0.25, 0.3) is 5.91 Å². The van der Waals surface area contributed by atoms with Crippen LogP contribution in [0.4, 0.5) is 14.6 Å². The van der Waals surface area contributed by atoms with E-state index < -0.39 is 23.0 Å². The number of hydrogen-bond acceptors (Lipinski definition) is 5. The zero-order valence-corrected chi connectivity index (χ0v) is 22.4. The van der Waals surface area contributed by atoms with E-state index in [4.69, 9.17) is 4.98 Å². The van der Waals surface area contributed by atoms with E-state index in [0.29, 0.717) is 30.1 Å². The Labute approximate surface area is 231 Å². The molecule has 2 aromatic heterocycles. The quantitative estimate of drug-likeness (QED) is 0.482. The number of aromatic nitrogens is 2. The van der Waals surface area contributed by atoms with E-state index in [1.807, 2.05) is 4.90 Å². The number of rotatable bonds is 5. The molecule has 1 saturated heterocycles. The van der Waals surface area contributed by atoms with E-state index >= 15 is 4.39 Å². The summed E-state index contributed by atoms with van der Waals surface area (Å²) < 4.78 is 30.4. The molecule has 5 aliphatic rings. The standard InChI is InChI=1S/C31H34F2N4O3/c32-21-4-6-26(25(33)12-21)37-16-24(30(40)35-31-13-18-9-19(14-31)11-20(10-18)15-31)28(39)23-5-7-27(34-29(23)37)36-8-2-1-3-22(36)17-38/h4-7,12,16,18-20,22,38H,1-3,8-11,13-15,17H2,(H,35,40)/t18?,19?,20?,22-,31?/m0/s1. The first-order valence-corrected chi connectivity index (χ1v) is 14.5. The predicted octanol–water partition coefficient (Wildman–Crippen LogP) is 4.71. The minimum Gasteiger partial charge on any atom is -0.394 e. The van der Waals surface area contributed by atoms with Crippen LogP contribution in [-0.4, -0.2) is 45.3 Å². The molecule has 1 aliphatic heterocycles. The van der Waals surface area contributed by atoms with Crippen LogP contribution in [0.3, 0.4) is 0 Å². The Balaban J connectivity index is 1.34. The Morgan fingerprint density at radius 3 is 2.45 bits per heavy atom. The minimum absolute atomic E-state index is 0.00254. The van der Waals surface area contributed by atoms with E-state index in [1.54, 1.807) is 12.1 Å². The van der Waals surface area contributed by atoms with Gasteiger partial charge < -0.3 is 15.3 Å². The van der Waals surface area contributed by atoms with Crippen LogP contribution < -0.4 is 15.6 Å². The number of pyridine rings is 2. The average Bonchev–Trinajstić information content (AvgIpc) is 2.92. The van der Waals surface area contributed by atoms with Crippen molar-refractivity contribution >= 4 is 22.8 Å². The van der Waals surface area contributed by atoms with Gasteiger partial charge >= 0.3 is 0 Å². The molecule has 1 amide bonds. The number of hydrogen-bond donors (Lipinski definition) is 2. The molecular weight excluding hydrogens is 514 g/mol. The number of carbonyl (C=O) groups excluding carboxylic acids is 1. The molecule has 8 rings (SSSR count). The number of nitrogens with one attached hydrogen (secondary N) is 1. The van der Waals surface area contributed by atoms with Crippen LogP contribution in [0.25, 0.3) is 16.7 Å². The van der Waals surface area contributed by atoms with Crippen LogP contribution in [0.5, 0.6) is 0 Å².